The van der Waals surface area contributed by atoms with Gasteiger partial charge in [0.25, 0.3) is 0 Å². The summed E-state index contributed by atoms with van der Waals surface area (Å²) in [6, 6.07) is -0.683. The summed E-state index contributed by atoms with van der Waals surface area (Å²) >= 11 is 1.22. The second-order valence-corrected chi connectivity index (χ2v) is 5.98. The lowest BCUT2D eigenvalue weighted by Crippen LogP contribution is -2.39. The van der Waals surface area contributed by atoms with Crippen LogP contribution in [0.2, 0.25) is 0 Å². The molecular weight excluding hydrogens is 280 g/mol. The third kappa shape index (κ3) is 6.79. The summed E-state index contributed by atoms with van der Waals surface area (Å²) in [6.45, 7) is 0. The normalized spacial score (nSPS) is 17.8. The minimum atomic E-state index is -1.09. The molecule has 1 aliphatic carbocycles. The number of carbonyl (C=O) groups excluding carboxylic acids is 2. The minimum Gasteiger partial charge on any atom is -0.480 e. The van der Waals surface area contributed by atoms with Crippen LogP contribution in [0.15, 0.2) is 0 Å². The first kappa shape index (κ1) is 16.8. The molecule has 0 spiro atoms. The molecule has 0 radical (unpaired) electrons. The Balaban J connectivity index is 2.21. The average Bonchev–Trinajstić information content (AvgIpc) is 2.66. The predicted octanol–water partition coefficient (Wildman–Crippen LogP) is 0.758. The van der Waals surface area contributed by atoms with Crippen LogP contribution in [-0.2, 0) is 14.4 Å². The molecule has 1 aliphatic rings. The molecule has 0 bridgehead atoms. The lowest BCUT2D eigenvalue weighted by Gasteiger charge is -2.16. The van der Waals surface area contributed by atoms with Crippen LogP contribution in [0.5, 0.6) is 0 Å². The summed E-state index contributed by atoms with van der Waals surface area (Å²) in [5, 5.41) is 14.0. The van der Waals surface area contributed by atoms with Crippen LogP contribution < -0.4 is 10.6 Å². The van der Waals surface area contributed by atoms with E-state index < -0.39 is 12.0 Å². The number of thioether (sulfide) groups is 1. The molecule has 1 unspecified atom stereocenters. The number of carbonyl (C=O) groups is 3. The lowest BCUT2D eigenvalue weighted by atomic mass is 10.1. The third-order valence-electron chi connectivity index (χ3n) is 3.31. The smallest absolute Gasteiger partial charge is 0.327 e. The molecule has 0 aliphatic heterocycles. The van der Waals surface area contributed by atoms with E-state index in [1.165, 1.54) is 24.6 Å². The maximum atomic E-state index is 11.8. The van der Waals surface area contributed by atoms with E-state index in [-0.39, 0.29) is 23.5 Å². The fourth-order valence-corrected chi connectivity index (χ4v) is 3.10. The van der Waals surface area contributed by atoms with E-state index in [1.54, 1.807) is 0 Å². The Labute approximate surface area is 123 Å². The van der Waals surface area contributed by atoms with Crippen molar-refractivity contribution in [2.24, 2.45) is 0 Å². The number of carboxylic acid groups (broad SMARTS) is 1. The molecule has 0 heterocycles. The molecule has 6 nitrogen and oxygen atoms in total. The molecule has 114 valence electrons. The number of hydrogen-bond acceptors (Lipinski definition) is 4. The van der Waals surface area contributed by atoms with Gasteiger partial charge in [0.1, 0.15) is 6.04 Å². The molecule has 1 fully saturated rings. The first-order valence-corrected chi connectivity index (χ1v) is 8.08. The van der Waals surface area contributed by atoms with Crippen molar-refractivity contribution < 1.29 is 19.5 Å². The fourth-order valence-electron chi connectivity index (χ4n) is 2.24. The quantitative estimate of drug-likeness (QED) is 0.454. The standard InChI is InChI=1S/C13H22N2O4S/c16-9-14-11(13(18)19)7-20-8-12(17)15-10-5-3-1-2-4-6-10/h9-11H,1-8H2,(H,14,16)(H,15,17)(H,18,19). The van der Waals surface area contributed by atoms with Crippen molar-refractivity contribution in [2.75, 3.05) is 11.5 Å². The van der Waals surface area contributed by atoms with Gasteiger partial charge in [-0.1, -0.05) is 25.7 Å². The molecular formula is C13H22N2O4S. The summed E-state index contributed by atoms with van der Waals surface area (Å²) in [5.41, 5.74) is 0. The Kier molecular flexibility index (Phi) is 8.10. The van der Waals surface area contributed by atoms with Crippen molar-refractivity contribution in [3.63, 3.8) is 0 Å². The van der Waals surface area contributed by atoms with Crippen molar-refractivity contribution in [2.45, 2.75) is 50.6 Å². The van der Waals surface area contributed by atoms with Gasteiger partial charge in [-0.05, 0) is 12.8 Å². The van der Waals surface area contributed by atoms with Crippen LogP contribution >= 0.6 is 11.8 Å². The number of carboxylic acids is 1. The van der Waals surface area contributed by atoms with Crippen LogP contribution in [0, 0.1) is 0 Å². The zero-order chi connectivity index (χ0) is 14.8. The molecule has 0 aromatic heterocycles. The zero-order valence-corrected chi connectivity index (χ0v) is 12.3. The maximum absolute atomic E-state index is 11.8. The van der Waals surface area contributed by atoms with Crippen LogP contribution in [0.1, 0.15) is 38.5 Å². The SMILES string of the molecule is O=CNC(CSCC(=O)NC1CCCCCC1)C(=O)O. The Morgan fingerprint density at radius 3 is 2.45 bits per heavy atom. The fraction of sp³-hybridized carbons (Fsp3) is 0.769. The molecule has 0 aromatic carbocycles. The van der Waals surface area contributed by atoms with E-state index >= 15 is 0 Å². The zero-order valence-electron chi connectivity index (χ0n) is 11.5. The number of amides is 2. The summed E-state index contributed by atoms with van der Waals surface area (Å²) in [5.74, 6) is -0.738. The van der Waals surface area contributed by atoms with Crippen LogP contribution in [-0.4, -0.2) is 47.0 Å². The largest absolute Gasteiger partial charge is 0.480 e. The van der Waals surface area contributed by atoms with Crippen molar-refractivity contribution >= 4 is 30.0 Å². The van der Waals surface area contributed by atoms with Gasteiger partial charge in [0.05, 0.1) is 5.75 Å². The number of aliphatic carboxylic acids is 1. The van der Waals surface area contributed by atoms with E-state index in [2.05, 4.69) is 10.6 Å². The van der Waals surface area contributed by atoms with Crippen molar-refractivity contribution in [1.29, 1.82) is 0 Å². The highest BCUT2D eigenvalue weighted by molar-refractivity contribution is 8.00. The highest BCUT2D eigenvalue weighted by Gasteiger charge is 2.18. The van der Waals surface area contributed by atoms with Crippen LogP contribution in [0.25, 0.3) is 0 Å². The third-order valence-corrected chi connectivity index (χ3v) is 4.34. The average molecular weight is 302 g/mol. The van der Waals surface area contributed by atoms with E-state index in [0.717, 1.165) is 25.7 Å². The monoisotopic (exact) mass is 302 g/mol. The Hall–Kier alpha value is -1.24. The van der Waals surface area contributed by atoms with Gasteiger partial charge in [0.15, 0.2) is 0 Å². The second-order valence-electron chi connectivity index (χ2n) is 4.95. The molecule has 1 atom stereocenters. The topological polar surface area (TPSA) is 95.5 Å². The molecule has 7 heteroatoms. The number of rotatable bonds is 8. The van der Waals surface area contributed by atoms with Gasteiger partial charge in [0, 0.05) is 11.8 Å². The van der Waals surface area contributed by atoms with Gasteiger partial charge in [-0.15, -0.1) is 11.8 Å². The predicted molar refractivity (Wildman–Crippen MR) is 77.6 cm³/mol. The van der Waals surface area contributed by atoms with Gasteiger partial charge in [-0.2, -0.15) is 0 Å². The van der Waals surface area contributed by atoms with Crippen LogP contribution in [0.3, 0.4) is 0 Å². The van der Waals surface area contributed by atoms with Gasteiger partial charge >= 0.3 is 5.97 Å². The first-order chi connectivity index (χ1) is 9.63. The van der Waals surface area contributed by atoms with Gasteiger partial charge < -0.3 is 15.7 Å². The van der Waals surface area contributed by atoms with Gasteiger partial charge in [-0.3, -0.25) is 9.59 Å². The summed E-state index contributed by atoms with van der Waals surface area (Å²) in [4.78, 5) is 32.8. The van der Waals surface area contributed by atoms with Crippen molar-refractivity contribution in [1.82, 2.24) is 10.6 Å². The van der Waals surface area contributed by atoms with E-state index in [4.69, 9.17) is 5.11 Å². The van der Waals surface area contributed by atoms with Crippen molar-refractivity contribution in [3.05, 3.63) is 0 Å². The highest BCUT2D eigenvalue weighted by Crippen LogP contribution is 2.17. The second kappa shape index (κ2) is 9.63. The Morgan fingerprint density at radius 1 is 1.25 bits per heavy atom. The van der Waals surface area contributed by atoms with E-state index in [0.29, 0.717) is 6.41 Å². The molecule has 20 heavy (non-hydrogen) atoms. The van der Waals surface area contributed by atoms with E-state index in [1.807, 2.05) is 0 Å². The summed E-state index contributed by atoms with van der Waals surface area (Å²) in [7, 11) is 0. The number of hydrogen-bond donors (Lipinski definition) is 3. The van der Waals surface area contributed by atoms with Gasteiger partial charge in [0.2, 0.25) is 12.3 Å². The molecule has 2 amide bonds. The number of nitrogens with one attached hydrogen (secondary N) is 2. The molecule has 0 aromatic rings. The Bertz CT molecular complexity index is 330. The van der Waals surface area contributed by atoms with Crippen molar-refractivity contribution in [3.8, 4) is 0 Å². The van der Waals surface area contributed by atoms with Gasteiger partial charge in [-0.25, -0.2) is 4.79 Å². The lowest BCUT2D eigenvalue weighted by molar-refractivity contribution is -0.139. The van der Waals surface area contributed by atoms with Crippen LogP contribution in [0.4, 0.5) is 0 Å². The summed E-state index contributed by atoms with van der Waals surface area (Å²) < 4.78 is 0. The highest BCUT2D eigenvalue weighted by atomic mass is 32.2. The molecule has 0 saturated heterocycles. The first-order valence-electron chi connectivity index (χ1n) is 6.93. The summed E-state index contributed by atoms with van der Waals surface area (Å²) in [6.07, 6.45) is 7.20. The van der Waals surface area contributed by atoms with E-state index in [9.17, 15) is 14.4 Å². The maximum Gasteiger partial charge on any atom is 0.327 e. The minimum absolute atomic E-state index is 0.0582. The molecule has 3 N–H and O–H groups in total. The molecule has 1 rings (SSSR count). The molecule has 1 saturated carbocycles. The Morgan fingerprint density at radius 2 is 1.90 bits per heavy atom.